The Morgan fingerprint density at radius 3 is 1.27 bits per heavy atom. The first-order valence-electron chi connectivity index (χ1n) is 16.6. The van der Waals surface area contributed by atoms with E-state index in [0.29, 0.717) is 26.4 Å². The average Bonchev–Trinajstić information content (AvgIpc) is 3.47. The molecule has 0 fully saturated rings. The lowest BCUT2D eigenvalue weighted by Gasteiger charge is -2.35. The lowest BCUT2D eigenvalue weighted by Crippen LogP contribution is -2.29. The summed E-state index contributed by atoms with van der Waals surface area (Å²) in [6.07, 6.45) is 2.89. The minimum Gasteiger partial charge on any atom is -0.498 e. The van der Waals surface area contributed by atoms with Crippen molar-refractivity contribution in [3.63, 3.8) is 0 Å². The molecule has 1 aliphatic carbocycles. The summed E-state index contributed by atoms with van der Waals surface area (Å²) in [7, 11) is 0. The Labute approximate surface area is 288 Å². The van der Waals surface area contributed by atoms with Crippen LogP contribution in [0.15, 0.2) is 171 Å². The number of ether oxygens (including phenoxy) is 4. The van der Waals surface area contributed by atoms with Gasteiger partial charge >= 0.3 is 0 Å². The first kappa shape index (κ1) is 31.6. The molecule has 7 rings (SSSR count). The topological polar surface area (TPSA) is 36.9 Å². The number of hydrogen-bond donors (Lipinski definition) is 0. The second-order valence-corrected chi connectivity index (χ2v) is 11.8. The number of rotatable bonds is 14. The fourth-order valence-electron chi connectivity index (χ4n) is 7.05. The van der Waals surface area contributed by atoms with Crippen molar-refractivity contribution in [3.8, 4) is 44.9 Å². The Hall–Kier alpha value is -6.00. The first-order chi connectivity index (χ1) is 24.3. The van der Waals surface area contributed by atoms with E-state index < -0.39 is 5.41 Å². The van der Waals surface area contributed by atoms with Gasteiger partial charge in [-0.3, -0.25) is 0 Å². The molecule has 0 heterocycles. The zero-order chi connectivity index (χ0) is 33.5. The summed E-state index contributed by atoms with van der Waals surface area (Å²) in [6, 6.07) is 51.4. The molecule has 0 aromatic heterocycles. The number of fused-ring (bicyclic) bond motifs is 3. The molecule has 0 saturated carbocycles. The van der Waals surface area contributed by atoms with Crippen molar-refractivity contribution in [2.45, 2.75) is 5.41 Å². The van der Waals surface area contributed by atoms with Crippen LogP contribution in [0.5, 0.6) is 11.5 Å². The molecule has 6 aromatic rings. The van der Waals surface area contributed by atoms with E-state index in [1.165, 1.54) is 34.8 Å². The Balaban J connectivity index is 1.47. The summed E-state index contributed by atoms with van der Waals surface area (Å²) < 4.78 is 23.9. The molecule has 0 aliphatic heterocycles. The highest BCUT2D eigenvalue weighted by Gasteiger charge is 2.46. The molecular weight excluding hydrogens is 604 g/mol. The third-order valence-electron chi connectivity index (χ3n) is 9.10. The Bertz CT molecular complexity index is 1920. The summed E-state index contributed by atoms with van der Waals surface area (Å²) in [5.41, 5.74) is 10.6. The predicted octanol–water partition coefficient (Wildman–Crippen LogP) is 10.5. The smallest absolute Gasteiger partial charge is 0.127 e. The maximum absolute atomic E-state index is 6.51. The van der Waals surface area contributed by atoms with Crippen molar-refractivity contribution in [1.29, 1.82) is 0 Å². The van der Waals surface area contributed by atoms with Crippen LogP contribution in [0.25, 0.3) is 33.4 Å². The number of hydrogen-bond acceptors (Lipinski definition) is 4. The molecule has 0 atom stereocenters. The van der Waals surface area contributed by atoms with Crippen molar-refractivity contribution in [2.24, 2.45) is 0 Å². The van der Waals surface area contributed by atoms with Crippen LogP contribution >= 0.6 is 0 Å². The molecular formula is C45H38O4. The van der Waals surface area contributed by atoms with Crippen LogP contribution in [0, 0.1) is 0 Å². The summed E-state index contributed by atoms with van der Waals surface area (Å²) in [5.74, 6) is 1.58. The van der Waals surface area contributed by atoms with Gasteiger partial charge in [-0.25, -0.2) is 0 Å². The maximum Gasteiger partial charge on any atom is 0.127 e. The van der Waals surface area contributed by atoms with Crippen LogP contribution in [0.2, 0.25) is 0 Å². The highest BCUT2D eigenvalue weighted by Crippen LogP contribution is 2.57. The first-order valence-corrected chi connectivity index (χ1v) is 16.6. The highest BCUT2D eigenvalue weighted by molar-refractivity contribution is 5.87. The van der Waals surface area contributed by atoms with E-state index in [-0.39, 0.29) is 0 Å². The predicted molar refractivity (Wildman–Crippen MR) is 198 cm³/mol. The van der Waals surface area contributed by atoms with Crippen LogP contribution in [-0.2, 0) is 14.9 Å². The van der Waals surface area contributed by atoms with Gasteiger partial charge in [-0.15, -0.1) is 0 Å². The molecule has 1 aliphatic rings. The largest absolute Gasteiger partial charge is 0.498 e. The van der Waals surface area contributed by atoms with E-state index in [4.69, 9.17) is 18.9 Å². The van der Waals surface area contributed by atoms with Crippen molar-refractivity contribution in [2.75, 3.05) is 26.4 Å². The third-order valence-corrected chi connectivity index (χ3v) is 9.10. The molecule has 0 bridgehead atoms. The minimum atomic E-state index is -0.664. The molecule has 0 amide bonds. The van der Waals surface area contributed by atoms with Crippen LogP contribution in [-0.4, -0.2) is 26.4 Å². The van der Waals surface area contributed by atoms with Crippen molar-refractivity contribution in [3.05, 3.63) is 194 Å². The van der Waals surface area contributed by atoms with Gasteiger partial charge in [0.15, 0.2) is 0 Å². The molecule has 4 nitrogen and oxygen atoms in total. The van der Waals surface area contributed by atoms with Gasteiger partial charge in [-0.1, -0.05) is 147 Å². The Morgan fingerprint density at radius 2 is 0.837 bits per heavy atom. The SMILES string of the molecule is C=COCCOc1cc(C2(c3ccc(-c4ccccc4)c(OCCOC=C)c3)c3ccccc3-c3ccccc32)ccc1-c1ccccc1. The van der Waals surface area contributed by atoms with Gasteiger partial charge in [0.1, 0.15) is 37.9 Å². The van der Waals surface area contributed by atoms with E-state index in [2.05, 4.69) is 147 Å². The quantitative estimate of drug-likeness (QED) is 0.0874. The van der Waals surface area contributed by atoms with Gasteiger partial charge < -0.3 is 18.9 Å². The second kappa shape index (κ2) is 14.4. The zero-order valence-corrected chi connectivity index (χ0v) is 27.4. The molecule has 6 aromatic carbocycles. The summed E-state index contributed by atoms with van der Waals surface area (Å²) >= 11 is 0. The van der Waals surface area contributed by atoms with Crippen LogP contribution in [0.3, 0.4) is 0 Å². The van der Waals surface area contributed by atoms with E-state index in [9.17, 15) is 0 Å². The Morgan fingerprint density at radius 1 is 0.429 bits per heavy atom. The molecule has 0 saturated heterocycles. The minimum absolute atomic E-state index is 0.381. The maximum atomic E-state index is 6.51. The van der Waals surface area contributed by atoms with Gasteiger partial charge in [0.25, 0.3) is 0 Å². The lowest BCUT2D eigenvalue weighted by atomic mass is 9.67. The van der Waals surface area contributed by atoms with E-state index in [1.54, 1.807) is 0 Å². The second-order valence-electron chi connectivity index (χ2n) is 11.8. The summed E-state index contributed by atoms with van der Waals surface area (Å²) in [4.78, 5) is 0. The summed E-state index contributed by atoms with van der Waals surface area (Å²) in [6.45, 7) is 8.93. The van der Waals surface area contributed by atoms with Crippen LogP contribution in [0.4, 0.5) is 0 Å². The van der Waals surface area contributed by atoms with Crippen LogP contribution in [0.1, 0.15) is 22.3 Å². The Kier molecular flexibility index (Phi) is 9.29. The normalized spacial score (nSPS) is 12.3. The van der Waals surface area contributed by atoms with Gasteiger partial charge in [0.2, 0.25) is 0 Å². The molecule has 242 valence electrons. The molecule has 0 N–H and O–H groups in total. The number of benzene rings is 6. The van der Waals surface area contributed by atoms with Gasteiger partial charge in [-0.05, 0) is 56.6 Å². The molecule has 0 unspecified atom stereocenters. The van der Waals surface area contributed by atoms with E-state index >= 15 is 0 Å². The third kappa shape index (κ3) is 5.98. The highest BCUT2D eigenvalue weighted by atomic mass is 16.5. The lowest BCUT2D eigenvalue weighted by molar-refractivity contribution is 0.180. The van der Waals surface area contributed by atoms with Gasteiger partial charge in [-0.2, -0.15) is 0 Å². The standard InChI is InChI=1S/C45H38O4/c1-3-46-27-29-48-43-31-35(23-25-37(43)33-15-7-5-8-16-33)45(41-21-13-11-19-39(41)40-20-12-14-22-42(40)45)36-24-26-38(34-17-9-6-10-18-34)44(32-36)49-30-28-47-4-2/h3-26,31-32H,1-2,27-30H2. The molecule has 49 heavy (non-hydrogen) atoms. The monoisotopic (exact) mass is 642 g/mol. The fourth-order valence-corrected chi connectivity index (χ4v) is 7.05. The zero-order valence-electron chi connectivity index (χ0n) is 27.4. The van der Waals surface area contributed by atoms with Crippen molar-refractivity contribution >= 4 is 0 Å². The average molecular weight is 643 g/mol. The molecule has 4 heteroatoms. The van der Waals surface area contributed by atoms with Gasteiger partial charge in [0.05, 0.1) is 17.9 Å². The van der Waals surface area contributed by atoms with Crippen molar-refractivity contribution in [1.82, 2.24) is 0 Å². The van der Waals surface area contributed by atoms with E-state index in [0.717, 1.165) is 44.9 Å². The van der Waals surface area contributed by atoms with Crippen LogP contribution < -0.4 is 9.47 Å². The molecule has 0 spiro atoms. The fraction of sp³-hybridized carbons (Fsp3) is 0.111. The van der Waals surface area contributed by atoms with Crippen molar-refractivity contribution < 1.29 is 18.9 Å². The molecule has 0 radical (unpaired) electrons. The van der Waals surface area contributed by atoms with Gasteiger partial charge in [0, 0.05) is 11.1 Å². The summed E-state index contributed by atoms with van der Waals surface area (Å²) in [5, 5.41) is 0. The van der Waals surface area contributed by atoms with E-state index in [1.807, 2.05) is 12.1 Å².